The van der Waals surface area contributed by atoms with Gasteiger partial charge in [0.1, 0.15) is 0 Å². The molecule has 0 aromatic carbocycles. The Hall–Kier alpha value is -1.69. The number of nitrogens with zero attached hydrogens (tertiary/aromatic N) is 4. The Balaban J connectivity index is 1.70. The van der Waals surface area contributed by atoms with Crippen LogP contribution in [-0.2, 0) is 13.5 Å². The van der Waals surface area contributed by atoms with Crippen molar-refractivity contribution in [1.29, 1.82) is 0 Å². The van der Waals surface area contributed by atoms with Crippen molar-refractivity contribution in [2.45, 2.75) is 44.4 Å². The first kappa shape index (κ1) is 16.2. The van der Waals surface area contributed by atoms with Crippen LogP contribution in [-0.4, -0.2) is 39.2 Å². The number of likely N-dealkylation sites (N-methyl/N-ethyl adjacent to an activating group) is 1. The van der Waals surface area contributed by atoms with E-state index in [9.17, 15) is 4.79 Å². The van der Waals surface area contributed by atoms with Gasteiger partial charge in [0.15, 0.2) is 0 Å². The second kappa shape index (κ2) is 7.25. The minimum Gasteiger partial charge on any atom is -0.341 e. The zero-order valence-electron chi connectivity index (χ0n) is 13.9. The molecule has 124 valence electrons. The van der Waals surface area contributed by atoms with Gasteiger partial charge in [-0.05, 0) is 12.8 Å². The predicted molar refractivity (Wildman–Crippen MR) is 91.8 cm³/mol. The van der Waals surface area contributed by atoms with Crippen LogP contribution >= 0.6 is 11.3 Å². The highest BCUT2D eigenvalue weighted by molar-refractivity contribution is 7.09. The third-order valence-corrected chi connectivity index (χ3v) is 5.41. The number of thiazole rings is 1. The van der Waals surface area contributed by atoms with E-state index in [0.717, 1.165) is 35.5 Å². The highest BCUT2D eigenvalue weighted by Crippen LogP contribution is 2.33. The van der Waals surface area contributed by atoms with Crippen molar-refractivity contribution in [3.63, 3.8) is 0 Å². The average molecular weight is 332 g/mol. The third kappa shape index (κ3) is 3.80. The van der Waals surface area contributed by atoms with Crippen LogP contribution in [0.4, 0.5) is 0 Å². The molecule has 1 aliphatic carbocycles. The van der Waals surface area contributed by atoms with E-state index < -0.39 is 0 Å². The highest BCUT2D eigenvalue weighted by Gasteiger charge is 2.26. The van der Waals surface area contributed by atoms with Crippen LogP contribution in [0.15, 0.2) is 17.8 Å². The number of amides is 1. The molecule has 6 heteroatoms. The Bertz CT molecular complexity index is 644. The van der Waals surface area contributed by atoms with Crippen molar-refractivity contribution in [2.24, 2.45) is 7.05 Å². The number of carbonyl (C=O) groups is 1. The van der Waals surface area contributed by atoms with Crippen molar-refractivity contribution in [3.05, 3.63) is 34.0 Å². The first-order chi connectivity index (χ1) is 11.1. The summed E-state index contributed by atoms with van der Waals surface area (Å²) in [7, 11) is 3.77. The maximum absolute atomic E-state index is 12.8. The lowest BCUT2D eigenvalue weighted by atomic mass is 9.85. The minimum absolute atomic E-state index is 0.0789. The topological polar surface area (TPSA) is 51.0 Å². The van der Waals surface area contributed by atoms with Crippen LogP contribution in [0.3, 0.4) is 0 Å². The van der Waals surface area contributed by atoms with Gasteiger partial charge in [0.2, 0.25) is 0 Å². The fraction of sp³-hybridized carbons (Fsp3) is 0.588. The summed E-state index contributed by atoms with van der Waals surface area (Å²) in [6.07, 6.45) is 10.6. The van der Waals surface area contributed by atoms with Gasteiger partial charge in [-0.2, -0.15) is 5.10 Å². The van der Waals surface area contributed by atoms with Crippen LogP contribution in [0.1, 0.15) is 59.1 Å². The molecule has 0 bridgehead atoms. The summed E-state index contributed by atoms with van der Waals surface area (Å²) in [5.41, 5.74) is 1.78. The molecule has 0 unspecified atom stereocenters. The number of hydrogen-bond donors (Lipinski definition) is 0. The molecule has 1 amide bonds. The predicted octanol–water partition coefficient (Wildman–Crippen LogP) is 3.24. The van der Waals surface area contributed by atoms with E-state index in [1.54, 1.807) is 20.9 Å². The monoisotopic (exact) mass is 332 g/mol. The zero-order valence-corrected chi connectivity index (χ0v) is 14.7. The van der Waals surface area contributed by atoms with Crippen LogP contribution in [0.5, 0.6) is 0 Å². The highest BCUT2D eigenvalue weighted by atomic mass is 32.1. The Labute approximate surface area is 141 Å². The molecule has 1 saturated carbocycles. The molecule has 3 rings (SSSR count). The molecule has 2 aromatic rings. The molecule has 0 atom stereocenters. The number of aromatic nitrogens is 3. The lowest BCUT2D eigenvalue weighted by Gasteiger charge is -2.22. The molecule has 1 fully saturated rings. The summed E-state index contributed by atoms with van der Waals surface area (Å²) >= 11 is 1.64. The number of carbonyl (C=O) groups excluding carboxylic acids is 1. The summed E-state index contributed by atoms with van der Waals surface area (Å²) < 4.78 is 1.78. The Morgan fingerprint density at radius 1 is 1.39 bits per heavy atom. The largest absolute Gasteiger partial charge is 0.341 e. The molecule has 23 heavy (non-hydrogen) atoms. The van der Waals surface area contributed by atoms with Gasteiger partial charge in [-0.1, -0.05) is 19.3 Å². The lowest BCUT2D eigenvalue weighted by Crippen LogP contribution is -2.29. The van der Waals surface area contributed by atoms with Crippen LogP contribution in [0, 0.1) is 0 Å². The molecule has 0 spiro atoms. The van der Waals surface area contributed by atoms with Crippen molar-refractivity contribution in [2.75, 3.05) is 13.6 Å². The van der Waals surface area contributed by atoms with Crippen LogP contribution in [0.2, 0.25) is 0 Å². The van der Waals surface area contributed by atoms with Gasteiger partial charge in [0.25, 0.3) is 5.91 Å². The van der Waals surface area contributed by atoms with Gasteiger partial charge in [0.05, 0.1) is 16.3 Å². The summed E-state index contributed by atoms with van der Waals surface area (Å²) in [6, 6.07) is 0. The van der Waals surface area contributed by atoms with Crippen molar-refractivity contribution in [3.8, 4) is 0 Å². The fourth-order valence-electron chi connectivity index (χ4n) is 3.29. The van der Waals surface area contributed by atoms with E-state index >= 15 is 0 Å². The quantitative estimate of drug-likeness (QED) is 0.844. The van der Waals surface area contributed by atoms with E-state index in [2.05, 4.69) is 10.1 Å². The van der Waals surface area contributed by atoms with Gasteiger partial charge >= 0.3 is 0 Å². The maximum Gasteiger partial charge on any atom is 0.257 e. The van der Waals surface area contributed by atoms with Gasteiger partial charge in [-0.3, -0.25) is 9.48 Å². The van der Waals surface area contributed by atoms with Gasteiger partial charge < -0.3 is 4.90 Å². The first-order valence-corrected chi connectivity index (χ1v) is 9.20. The van der Waals surface area contributed by atoms with Crippen molar-refractivity contribution >= 4 is 17.2 Å². The Morgan fingerprint density at radius 2 is 2.17 bits per heavy atom. The van der Waals surface area contributed by atoms with E-state index in [1.807, 2.05) is 31.9 Å². The Morgan fingerprint density at radius 3 is 2.87 bits per heavy atom. The number of aryl methyl sites for hydroxylation is 1. The smallest absolute Gasteiger partial charge is 0.257 e. The molecular weight excluding hydrogens is 308 g/mol. The number of hydrogen-bond acceptors (Lipinski definition) is 4. The van der Waals surface area contributed by atoms with E-state index in [4.69, 9.17) is 0 Å². The number of rotatable bonds is 5. The lowest BCUT2D eigenvalue weighted by molar-refractivity contribution is 0.0794. The maximum atomic E-state index is 12.8. The summed E-state index contributed by atoms with van der Waals surface area (Å²) in [4.78, 5) is 18.9. The zero-order chi connectivity index (χ0) is 16.2. The van der Waals surface area contributed by atoms with Gasteiger partial charge in [-0.15, -0.1) is 11.3 Å². The molecule has 0 aliphatic heterocycles. The Kier molecular flexibility index (Phi) is 5.10. The molecular formula is C17H24N4OS. The molecule has 2 heterocycles. The standard InChI is InChI=1S/C17H24N4OS/c1-20(10-8-15-18-9-11-23-15)17(22)14-12-21(2)19-16(14)13-6-4-3-5-7-13/h9,11-13H,3-8,10H2,1-2H3. The molecule has 0 N–H and O–H groups in total. The summed E-state index contributed by atoms with van der Waals surface area (Å²) in [6.45, 7) is 0.686. The average Bonchev–Trinajstić information content (AvgIpc) is 3.22. The van der Waals surface area contributed by atoms with Crippen LogP contribution in [0.25, 0.3) is 0 Å². The van der Waals surface area contributed by atoms with Gasteiger partial charge in [-0.25, -0.2) is 4.98 Å². The molecule has 2 aromatic heterocycles. The van der Waals surface area contributed by atoms with Crippen molar-refractivity contribution in [1.82, 2.24) is 19.7 Å². The second-order valence-electron chi connectivity index (χ2n) is 6.34. The van der Waals surface area contributed by atoms with E-state index in [0.29, 0.717) is 12.5 Å². The SMILES string of the molecule is CN(CCc1nccs1)C(=O)c1cn(C)nc1C1CCCCC1. The first-order valence-electron chi connectivity index (χ1n) is 8.32. The fourth-order valence-corrected chi connectivity index (χ4v) is 3.90. The second-order valence-corrected chi connectivity index (χ2v) is 7.32. The normalized spacial score (nSPS) is 15.7. The molecule has 1 aliphatic rings. The van der Waals surface area contributed by atoms with Crippen LogP contribution < -0.4 is 0 Å². The molecule has 5 nitrogen and oxygen atoms in total. The summed E-state index contributed by atoms with van der Waals surface area (Å²) in [5, 5.41) is 7.65. The molecule has 0 radical (unpaired) electrons. The van der Waals surface area contributed by atoms with E-state index in [-0.39, 0.29) is 5.91 Å². The van der Waals surface area contributed by atoms with Crippen molar-refractivity contribution < 1.29 is 4.79 Å². The minimum atomic E-state index is 0.0789. The van der Waals surface area contributed by atoms with E-state index in [1.165, 1.54) is 19.3 Å². The van der Waals surface area contributed by atoms with Gasteiger partial charge in [0, 0.05) is 50.8 Å². The third-order valence-electron chi connectivity index (χ3n) is 4.57. The molecule has 0 saturated heterocycles. The summed E-state index contributed by atoms with van der Waals surface area (Å²) in [5.74, 6) is 0.520.